The number of carbonyl (C=O) groups is 2. The topological polar surface area (TPSA) is 74.6 Å². The molecular weight excluding hydrogens is 592 g/mol. The molecule has 0 saturated heterocycles. The number of carboxylic acids is 2. The van der Waals surface area contributed by atoms with Gasteiger partial charge in [-0.2, -0.15) is 0 Å². The Labute approximate surface area is 300 Å². The number of rotatable bonds is 39. The lowest BCUT2D eigenvalue weighted by Crippen LogP contribution is -2.31. The quantitative estimate of drug-likeness (QED) is 0.0635. The minimum absolute atomic E-state index is 0.191. The van der Waals surface area contributed by atoms with Gasteiger partial charge in [-0.1, -0.05) is 220 Å². The lowest BCUT2D eigenvalue weighted by atomic mass is 9.74. The average molecular weight is 679 g/mol. The third-order valence-corrected chi connectivity index (χ3v) is 10.9. The molecule has 0 atom stereocenters. The van der Waals surface area contributed by atoms with Crippen LogP contribution in [0.4, 0.5) is 0 Å². The number of unbranched alkanes of at least 4 members (excludes halogenated alkanes) is 26. The molecular formula is C44H86O4. The van der Waals surface area contributed by atoms with Crippen molar-refractivity contribution < 1.29 is 19.8 Å². The van der Waals surface area contributed by atoms with E-state index in [2.05, 4.69) is 27.7 Å². The van der Waals surface area contributed by atoms with E-state index < -0.39 is 17.4 Å². The fraction of sp³-hybridized carbons (Fsp3) is 0.955. The molecule has 0 radical (unpaired) electrons. The van der Waals surface area contributed by atoms with Crippen LogP contribution >= 0.6 is 0 Å². The highest BCUT2D eigenvalue weighted by Crippen LogP contribution is 2.38. The summed E-state index contributed by atoms with van der Waals surface area (Å²) >= 11 is 0. The maximum atomic E-state index is 12.7. The Kier molecular flexibility index (Phi) is 33.6. The normalized spacial score (nSPS) is 12.0. The molecule has 0 aromatic rings. The van der Waals surface area contributed by atoms with Crippen molar-refractivity contribution in [3.63, 3.8) is 0 Å². The number of hydrogen-bond donors (Lipinski definition) is 2. The van der Waals surface area contributed by atoms with Crippen molar-refractivity contribution in [3.05, 3.63) is 0 Å². The largest absolute Gasteiger partial charge is 0.481 e. The van der Waals surface area contributed by atoms with Crippen LogP contribution in [0.5, 0.6) is 0 Å². The van der Waals surface area contributed by atoms with Gasteiger partial charge in [0.15, 0.2) is 0 Å². The number of hydrogen-bond acceptors (Lipinski definition) is 2. The average Bonchev–Trinajstić information content (AvgIpc) is 3.03. The SMILES string of the molecule is CC(C)CCCCCCCCCCCCCCCC(CCCCCCCCCCCCCCCC(C)C)(CCCCCC(=O)O)C(=O)O. The minimum Gasteiger partial charge on any atom is -0.481 e. The van der Waals surface area contributed by atoms with E-state index in [-0.39, 0.29) is 6.42 Å². The smallest absolute Gasteiger partial charge is 0.309 e. The Bertz CT molecular complexity index is 662. The van der Waals surface area contributed by atoms with E-state index in [0.29, 0.717) is 12.8 Å². The molecule has 0 aliphatic rings. The summed E-state index contributed by atoms with van der Waals surface area (Å²) in [5.41, 5.74) is -0.618. The van der Waals surface area contributed by atoms with Crippen molar-refractivity contribution in [2.75, 3.05) is 0 Å². The van der Waals surface area contributed by atoms with Crippen LogP contribution in [-0.2, 0) is 9.59 Å². The molecule has 0 aromatic heterocycles. The first kappa shape index (κ1) is 46.9. The summed E-state index contributed by atoms with van der Waals surface area (Å²) in [5.74, 6) is 0.333. The summed E-state index contributed by atoms with van der Waals surface area (Å²) in [5, 5.41) is 19.4. The molecule has 4 nitrogen and oxygen atoms in total. The molecule has 0 aliphatic heterocycles. The summed E-state index contributed by atoms with van der Waals surface area (Å²) in [6, 6.07) is 0. The Balaban J connectivity index is 4.17. The van der Waals surface area contributed by atoms with E-state index in [0.717, 1.165) is 63.2 Å². The van der Waals surface area contributed by atoms with Crippen LogP contribution in [0, 0.1) is 17.3 Å². The third-order valence-electron chi connectivity index (χ3n) is 10.9. The Morgan fingerprint density at radius 2 is 0.604 bits per heavy atom. The van der Waals surface area contributed by atoms with E-state index in [9.17, 15) is 14.7 Å². The number of carboxylic acid groups (broad SMARTS) is 2. The van der Waals surface area contributed by atoms with Gasteiger partial charge in [-0.25, -0.2) is 0 Å². The van der Waals surface area contributed by atoms with Gasteiger partial charge in [0.1, 0.15) is 0 Å². The van der Waals surface area contributed by atoms with Gasteiger partial charge < -0.3 is 10.2 Å². The van der Waals surface area contributed by atoms with Gasteiger partial charge in [0.2, 0.25) is 0 Å². The van der Waals surface area contributed by atoms with Gasteiger partial charge >= 0.3 is 11.9 Å². The van der Waals surface area contributed by atoms with Gasteiger partial charge in [-0.15, -0.1) is 0 Å². The highest BCUT2D eigenvalue weighted by atomic mass is 16.4. The Hall–Kier alpha value is -1.06. The second-order valence-electron chi connectivity index (χ2n) is 16.6. The molecule has 0 unspecified atom stereocenters. The van der Waals surface area contributed by atoms with Crippen LogP contribution in [0.3, 0.4) is 0 Å². The maximum absolute atomic E-state index is 12.7. The summed E-state index contributed by atoms with van der Waals surface area (Å²) in [6.07, 6.45) is 41.7. The highest BCUT2D eigenvalue weighted by Gasteiger charge is 2.36. The van der Waals surface area contributed by atoms with E-state index in [4.69, 9.17) is 5.11 Å². The molecule has 286 valence electrons. The molecule has 48 heavy (non-hydrogen) atoms. The molecule has 0 aliphatic carbocycles. The van der Waals surface area contributed by atoms with Gasteiger partial charge in [0.25, 0.3) is 0 Å². The molecule has 2 N–H and O–H groups in total. The lowest BCUT2D eigenvalue weighted by Gasteiger charge is -2.30. The summed E-state index contributed by atoms with van der Waals surface area (Å²) in [6.45, 7) is 9.28. The van der Waals surface area contributed by atoms with E-state index >= 15 is 0 Å². The maximum Gasteiger partial charge on any atom is 0.309 e. The van der Waals surface area contributed by atoms with Crippen LogP contribution < -0.4 is 0 Å². The lowest BCUT2D eigenvalue weighted by molar-refractivity contribution is -0.151. The second-order valence-corrected chi connectivity index (χ2v) is 16.6. The van der Waals surface area contributed by atoms with Crippen molar-refractivity contribution in [2.45, 2.75) is 252 Å². The molecule has 0 spiro atoms. The first-order valence-electron chi connectivity index (χ1n) is 21.6. The Morgan fingerprint density at radius 3 is 0.833 bits per heavy atom. The summed E-state index contributed by atoms with van der Waals surface area (Å²) in [7, 11) is 0. The predicted octanol–water partition coefficient (Wildman–Crippen LogP) is 15.1. The van der Waals surface area contributed by atoms with Crippen LogP contribution in [0.1, 0.15) is 252 Å². The van der Waals surface area contributed by atoms with Crippen LogP contribution in [-0.4, -0.2) is 22.2 Å². The molecule has 4 heteroatoms. The zero-order valence-corrected chi connectivity index (χ0v) is 33.1. The van der Waals surface area contributed by atoms with Gasteiger partial charge in [-0.3, -0.25) is 9.59 Å². The zero-order valence-electron chi connectivity index (χ0n) is 33.1. The molecule has 0 rings (SSSR count). The molecule has 0 heterocycles. The van der Waals surface area contributed by atoms with Crippen molar-refractivity contribution in [1.29, 1.82) is 0 Å². The fourth-order valence-electron chi connectivity index (χ4n) is 7.53. The van der Waals surface area contributed by atoms with Gasteiger partial charge in [0, 0.05) is 6.42 Å². The summed E-state index contributed by atoms with van der Waals surface area (Å²) < 4.78 is 0. The first-order chi connectivity index (χ1) is 23.2. The summed E-state index contributed by atoms with van der Waals surface area (Å²) in [4.78, 5) is 23.6. The van der Waals surface area contributed by atoms with Crippen LogP contribution in [0.25, 0.3) is 0 Å². The monoisotopic (exact) mass is 679 g/mol. The first-order valence-corrected chi connectivity index (χ1v) is 21.6. The zero-order chi connectivity index (χ0) is 35.6. The molecule has 0 aromatic carbocycles. The van der Waals surface area contributed by atoms with E-state index in [1.807, 2.05) is 0 Å². The molecule has 0 bridgehead atoms. The van der Waals surface area contributed by atoms with Gasteiger partial charge in [0.05, 0.1) is 5.41 Å². The van der Waals surface area contributed by atoms with Crippen molar-refractivity contribution in [2.24, 2.45) is 17.3 Å². The predicted molar refractivity (Wildman–Crippen MR) is 209 cm³/mol. The Morgan fingerprint density at radius 1 is 0.375 bits per heavy atom. The van der Waals surface area contributed by atoms with Crippen molar-refractivity contribution in [3.8, 4) is 0 Å². The van der Waals surface area contributed by atoms with Gasteiger partial charge in [-0.05, 0) is 37.5 Å². The minimum atomic E-state index is -0.750. The highest BCUT2D eigenvalue weighted by molar-refractivity contribution is 5.74. The van der Waals surface area contributed by atoms with Crippen molar-refractivity contribution in [1.82, 2.24) is 0 Å². The third kappa shape index (κ3) is 32.2. The van der Waals surface area contributed by atoms with Crippen molar-refractivity contribution >= 4 is 11.9 Å². The number of aliphatic carboxylic acids is 2. The van der Waals surface area contributed by atoms with Crippen LogP contribution in [0.2, 0.25) is 0 Å². The molecule has 0 saturated carbocycles. The standard InChI is InChI=1S/C44H86O4/c1-40(2)34-28-23-19-15-11-7-5-9-13-17-21-25-31-37-44(43(47)48,39-33-27-30-36-42(45)46)38-32-26-22-18-14-10-6-8-12-16-20-24-29-35-41(3)4/h40-41H,5-39H2,1-4H3,(H,45,46)(H,47,48). The van der Waals surface area contributed by atoms with E-state index in [1.54, 1.807) is 0 Å². The van der Waals surface area contributed by atoms with E-state index in [1.165, 1.54) is 154 Å². The second kappa shape index (κ2) is 34.4. The fourth-order valence-corrected chi connectivity index (χ4v) is 7.53. The van der Waals surface area contributed by atoms with Crippen LogP contribution in [0.15, 0.2) is 0 Å². The molecule has 0 fully saturated rings. The molecule has 0 amide bonds.